The molecule has 68 valence electrons. The van der Waals surface area contributed by atoms with Crippen LogP contribution in [0.4, 0.5) is 0 Å². The molecule has 1 aliphatic carbocycles. The summed E-state index contributed by atoms with van der Waals surface area (Å²) in [6, 6.07) is 0. The fourth-order valence-corrected chi connectivity index (χ4v) is 2.15. The van der Waals surface area contributed by atoms with Crippen LogP contribution in [-0.2, 0) is 0 Å². The minimum atomic E-state index is 0.619. The van der Waals surface area contributed by atoms with Gasteiger partial charge < -0.3 is 0 Å². The molecule has 0 heterocycles. The summed E-state index contributed by atoms with van der Waals surface area (Å²) < 4.78 is 0. The third-order valence-corrected chi connectivity index (χ3v) is 2.81. The highest BCUT2D eigenvalue weighted by atomic mass is 35.5. The van der Waals surface area contributed by atoms with Crippen LogP contribution < -0.4 is 0 Å². The molecule has 1 aliphatic rings. The van der Waals surface area contributed by atoms with Gasteiger partial charge in [-0.2, -0.15) is 0 Å². The van der Waals surface area contributed by atoms with Crippen molar-refractivity contribution in [3.8, 4) is 0 Å². The molecular weight excluding hydrogens is 168 g/mol. The molecule has 0 nitrogen and oxygen atoms in total. The fourth-order valence-electron chi connectivity index (χ4n) is 1.96. The van der Waals surface area contributed by atoms with Crippen molar-refractivity contribution >= 4 is 11.6 Å². The lowest BCUT2D eigenvalue weighted by atomic mass is 9.77. The third-order valence-electron chi connectivity index (χ3n) is 2.66. The van der Waals surface area contributed by atoms with E-state index in [1.165, 1.54) is 17.6 Å². The zero-order chi connectivity index (χ0) is 9.14. The van der Waals surface area contributed by atoms with Crippen LogP contribution in [0.25, 0.3) is 0 Å². The van der Waals surface area contributed by atoms with E-state index in [1.807, 2.05) is 0 Å². The molecule has 0 saturated heterocycles. The summed E-state index contributed by atoms with van der Waals surface area (Å²) in [7, 11) is 0. The van der Waals surface area contributed by atoms with Gasteiger partial charge in [0.25, 0.3) is 0 Å². The number of hydrogen-bond donors (Lipinski definition) is 0. The molecule has 12 heavy (non-hydrogen) atoms. The standard InChI is InChI=1S/C11H17Cl/c1-8-6-9(2)10(3)11(7-8)4-5-12/h4,8-9H,3,5-7H2,1-2H3/b11-4+/t8-,9-/m0/s1. The molecule has 1 heteroatoms. The number of alkyl halides is 1. The van der Waals surface area contributed by atoms with E-state index >= 15 is 0 Å². The van der Waals surface area contributed by atoms with Gasteiger partial charge in [0, 0.05) is 5.88 Å². The van der Waals surface area contributed by atoms with Crippen molar-refractivity contribution in [2.24, 2.45) is 11.8 Å². The van der Waals surface area contributed by atoms with Crippen molar-refractivity contribution in [1.29, 1.82) is 0 Å². The Morgan fingerprint density at radius 2 is 2.25 bits per heavy atom. The molecule has 0 aromatic carbocycles. The highest BCUT2D eigenvalue weighted by Crippen LogP contribution is 2.35. The molecule has 0 N–H and O–H groups in total. The quantitative estimate of drug-likeness (QED) is 0.545. The third kappa shape index (κ3) is 2.13. The van der Waals surface area contributed by atoms with Crippen molar-refractivity contribution < 1.29 is 0 Å². The zero-order valence-electron chi connectivity index (χ0n) is 7.94. The highest BCUT2D eigenvalue weighted by Gasteiger charge is 2.21. The van der Waals surface area contributed by atoms with Crippen molar-refractivity contribution in [2.45, 2.75) is 26.7 Å². The second kappa shape index (κ2) is 4.13. The SMILES string of the molecule is C=C1/C(=C/CCl)C[C@@H](C)C[C@@H]1C. The maximum Gasteiger partial charge on any atom is 0.0409 e. The van der Waals surface area contributed by atoms with Gasteiger partial charge in [-0.25, -0.2) is 0 Å². The Kier molecular flexibility index (Phi) is 3.39. The Labute approximate surface area is 80.3 Å². The Bertz CT molecular complexity index is 203. The predicted molar refractivity (Wildman–Crippen MR) is 55.5 cm³/mol. The lowest BCUT2D eigenvalue weighted by molar-refractivity contribution is 0.417. The van der Waals surface area contributed by atoms with Gasteiger partial charge in [0.1, 0.15) is 0 Å². The van der Waals surface area contributed by atoms with Crippen molar-refractivity contribution in [2.75, 3.05) is 5.88 Å². The van der Waals surface area contributed by atoms with Gasteiger partial charge in [-0.3, -0.25) is 0 Å². The van der Waals surface area contributed by atoms with E-state index in [2.05, 4.69) is 26.5 Å². The number of hydrogen-bond acceptors (Lipinski definition) is 0. The van der Waals surface area contributed by atoms with E-state index in [1.54, 1.807) is 0 Å². The Morgan fingerprint density at radius 1 is 1.58 bits per heavy atom. The minimum absolute atomic E-state index is 0.619. The summed E-state index contributed by atoms with van der Waals surface area (Å²) in [5.74, 6) is 2.05. The molecule has 1 saturated carbocycles. The van der Waals surface area contributed by atoms with Crippen LogP contribution in [-0.4, -0.2) is 5.88 Å². The summed E-state index contributed by atoms with van der Waals surface area (Å²) in [6.07, 6.45) is 4.55. The second-order valence-electron chi connectivity index (χ2n) is 3.85. The van der Waals surface area contributed by atoms with Gasteiger partial charge in [-0.1, -0.05) is 26.5 Å². The Morgan fingerprint density at radius 3 is 2.83 bits per heavy atom. The predicted octanol–water partition coefficient (Wildman–Crippen LogP) is 3.77. The first-order valence-electron chi connectivity index (χ1n) is 4.59. The van der Waals surface area contributed by atoms with E-state index < -0.39 is 0 Å². The number of halogens is 1. The average Bonchev–Trinajstić information content (AvgIpc) is 2.00. The molecule has 0 bridgehead atoms. The molecule has 0 aliphatic heterocycles. The highest BCUT2D eigenvalue weighted by molar-refractivity contribution is 6.19. The largest absolute Gasteiger partial charge is 0.122 e. The first kappa shape index (κ1) is 9.85. The van der Waals surface area contributed by atoms with Crippen molar-refractivity contribution in [3.05, 3.63) is 23.8 Å². The van der Waals surface area contributed by atoms with Crippen LogP contribution in [0, 0.1) is 11.8 Å². The maximum atomic E-state index is 5.68. The summed E-state index contributed by atoms with van der Waals surface area (Å²) in [5.41, 5.74) is 2.69. The van der Waals surface area contributed by atoms with E-state index in [0.29, 0.717) is 11.8 Å². The fraction of sp³-hybridized carbons (Fsp3) is 0.636. The second-order valence-corrected chi connectivity index (χ2v) is 4.16. The first-order valence-corrected chi connectivity index (χ1v) is 5.12. The average molecular weight is 185 g/mol. The summed E-state index contributed by atoms with van der Waals surface area (Å²) in [5, 5.41) is 0. The van der Waals surface area contributed by atoms with Crippen LogP contribution in [0.5, 0.6) is 0 Å². The molecule has 0 spiro atoms. The molecule has 0 amide bonds. The summed E-state index contributed by atoms with van der Waals surface area (Å²) in [4.78, 5) is 0. The monoisotopic (exact) mass is 184 g/mol. The lowest BCUT2D eigenvalue weighted by Gasteiger charge is -2.28. The summed E-state index contributed by atoms with van der Waals surface area (Å²) in [6.45, 7) is 8.65. The van der Waals surface area contributed by atoms with Gasteiger partial charge in [0.05, 0.1) is 0 Å². The molecule has 1 rings (SSSR count). The number of allylic oxidation sites excluding steroid dienone is 3. The zero-order valence-corrected chi connectivity index (χ0v) is 8.69. The Balaban J connectivity index is 2.73. The first-order chi connectivity index (χ1) is 5.65. The number of rotatable bonds is 1. The lowest BCUT2D eigenvalue weighted by Crippen LogP contribution is -2.15. The van der Waals surface area contributed by atoms with E-state index in [-0.39, 0.29) is 0 Å². The smallest absolute Gasteiger partial charge is 0.0409 e. The normalized spacial score (nSPS) is 34.2. The van der Waals surface area contributed by atoms with Gasteiger partial charge in [0.2, 0.25) is 0 Å². The van der Waals surface area contributed by atoms with E-state index in [4.69, 9.17) is 11.6 Å². The Hall–Kier alpha value is -0.230. The van der Waals surface area contributed by atoms with E-state index in [0.717, 1.165) is 12.3 Å². The molecular formula is C11H17Cl. The molecule has 2 atom stereocenters. The van der Waals surface area contributed by atoms with Crippen LogP contribution >= 0.6 is 11.6 Å². The van der Waals surface area contributed by atoms with E-state index in [9.17, 15) is 0 Å². The van der Waals surface area contributed by atoms with Crippen LogP contribution in [0.1, 0.15) is 26.7 Å². The van der Waals surface area contributed by atoms with Crippen molar-refractivity contribution in [1.82, 2.24) is 0 Å². The minimum Gasteiger partial charge on any atom is -0.122 e. The van der Waals surface area contributed by atoms with Crippen molar-refractivity contribution in [3.63, 3.8) is 0 Å². The molecule has 0 radical (unpaired) electrons. The van der Waals surface area contributed by atoms with Crippen LogP contribution in [0.2, 0.25) is 0 Å². The molecule has 0 unspecified atom stereocenters. The van der Waals surface area contributed by atoms with Crippen LogP contribution in [0.3, 0.4) is 0 Å². The molecule has 0 aromatic rings. The van der Waals surface area contributed by atoms with Gasteiger partial charge >= 0.3 is 0 Å². The molecule has 1 fully saturated rings. The summed E-state index contributed by atoms with van der Waals surface area (Å²) >= 11 is 5.68. The molecule has 0 aromatic heterocycles. The van der Waals surface area contributed by atoms with Gasteiger partial charge in [-0.15, -0.1) is 11.6 Å². The van der Waals surface area contributed by atoms with Gasteiger partial charge in [-0.05, 0) is 35.8 Å². The van der Waals surface area contributed by atoms with Crippen LogP contribution in [0.15, 0.2) is 23.8 Å². The topological polar surface area (TPSA) is 0 Å². The maximum absolute atomic E-state index is 5.68. The van der Waals surface area contributed by atoms with Gasteiger partial charge in [0.15, 0.2) is 0 Å².